The van der Waals surface area contributed by atoms with Gasteiger partial charge in [-0.05, 0) is 58.3 Å². The zero-order valence-corrected chi connectivity index (χ0v) is 11.6. The van der Waals surface area contributed by atoms with Crippen molar-refractivity contribution < 1.29 is 9.47 Å². The van der Waals surface area contributed by atoms with Gasteiger partial charge in [-0.3, -0.25) is 0 Å². The molecule has 0 aliphatic heterocycles. The minimum Gasteiger partial charge on any atom is -0.385 e. The van der Waals surface area contributed by atoms with E-state index < -0.39 is 0 Å². The van der Waals surface area contributed by atoms with E-state index in [1.54, 1.807) is 14.2 Å². The number of nitrogens with one attached hydrogen (secondary N) is 2. The lowest BCUT2D eigenvalue weighted by Crippen LogP contribution is -2.23. The van der Waals surface area contributed by atoms with Gasteiger partial charge in [-0.1, -0.05) is 0 Å². The Bertz CT molecular complexity index is 121. The van der Waals surface area contributed by atoms with Crippen molar-refractivity contribution in [1.82, 2.24) is 10.6 Å². The fraction of sp³-hybridized carbons (Fsp3) is 1.00. The molecule has 0 aliphatic carbocycles. The van der Waals surface area contributed by atoms with Crippen LogP contribution < -0.4 is 10.6 Å². The summed E-state index contributed by atoms with van der Waals surface area (Å²) in [5, 5.41) is 6.88. The summed E-state index contributed by atoms with van der Waals surface area (Å²) in [6, 6.07) is 0. The summed E-state index contributed by atoms with van der Waals surface area (Å²) in [6.45, 7) is 6.19. The summed E-state index contributed by atoms with van der Waals surface area (Å²) in [5.74, 6) is 0. The van der Waals surface area contributed by atoms with E-state index in [0.29, 0.717) is 0 Å². The van der Waals surface area contributed by atoms with E-state index in [9.17, 15) is 0 Å². The van der Waals surface area contributed by atoms with Crippen molar-refractivity contribution in [2.45, 2.75) is 32.1 Å². The summed E-state index contributed by atoms with van der Waals surface area (Å²) in [4.78, 5) is 0. The predicted molar refractivity (Wildman–Crippen MR) is 72.6 cm³/mol. The highest BCUT2D eigenvalue weighted by Crippen LogP contribution is 1.88. The van der Waals surface area contributed by atoms with Crippen molar-refractivity contribution in [3.8, 4) is 0 Å². The Hall–Kier alpha value is -0.160. The van der Waals surface area contributed by atoms with E-state index in [1.807, 2.05) is 0 Å². The van der Waals surface area contributed by atoms with Crippen molar-refractivity contribution in [1.29, 1.82) is 0 Å². The van der Waals surface area contributed by atoms with Crippen LogP contribution >= 0.6 is 0 Å². The molecule has 0 spiro atoms. The fourth-order valence-electron chi connectivity index (χ4n) is 1.58. The van der Waals surface area contributed by atoms with Crippen molar-refractivity contribution in [3.05, 3.63) is 0 Å². The molecule has 0 saturated carbocycles. The second-order valence-corrected chi connectivity index (χ2v) is 4.25. The molecule has 4 nitrogen and oxygen atoms in total. The average molecular weight is 246 g/mol. The number of methoxy groups -OCH3 is 2. The normalized spacial score (nSPS) is 10.9. The lowest BCUT2D eigenvalue weighted by Gasteiger charge is -2.06. The zero-order valence-electron chi connectivity index (χ0n) is 11.6. The molecule has 0 unspecified atom stereocenters. The van der Waals surface area contributed by atoms with Crippen molar-refractivity contribution >= 4 is 0 Å². The number of ether oxygens (including phenoxy) is 2. The topological polar surface area (TPSA) is 42.5 Å². The second-order valence-electron chi connectivity index (χ2n) is 4.25. The monoisotopic (exact) mass is 246 g/mol. The van der Waals surface area contributed by atoms with Crippen molar-refractivity contribution in [2.75, 3.05) is 53.6 Å². The maximum absolute atomic E-state index is 5.00. The summed E-state index contributed by atoms with van der Waals surface area (Å²) >= 11 is 0. The Balaban J connectivity index is 2.85. The molecule has 4 heteroatoms. The Morgan fingerprint density at radius 2 is 1.00 bits per heavy atom. The number of hydrogen-bond donors (Lipinski definition) is 2. The molecule has 0 amide bonds. The van der Waals surface area contributed by atoms with Crippen molar-refractivity contribution in [3.63, 3.8) is 0 Å². The van der Waals surface area contributed by atoms with Gasteiger partial charge in [0.1, 0.15) is 0 Å². The third kappa shape index (κ3) is 15.8. The van der Waals surface area contributed by atoms with Crippen LogP contribution in [0.3, 0.4) is 0 Å². The van der Waals surface area contributed by atoms with Gasteiger partial charge in [-0.2, -0.15) is 0 Å². The molecule has 2 N–H and O–H groups in total. The van der Waals surface area contributed by atoms with E-state index in [1.165, 1.54) is 19.3 Å². The smallest absolute Gasteiger partial charge is 0.0462 e. The van der Waals surface area contributed by atoms with Crippen LogP contribution in [0.1, 0.15) is 32.1 Å². The first-order valence-electron chi connectivity index (χ1n) is 6.81. The van der Waals surface area contributed by atoms with Gasteiger partial charge in [0.2, 0.25) is 0 Å². The Morgan fingerprint density at radius 1 is 0.588 bits per heavy atom. The lowest BCUT2D eigenvalue weighted by atomic mass is 10.3. The molecule has 0 aromatic heterocycles. The maximum atomic E-state index is 5.00. The quantitative estimate of drug-likeness (QED) is 0.455. The predicted octanol–water partition coefficient (Wildman–Crippen LogP) is 1.41. The third-order valence-corrected chi connectivity index (χ3v) is 2.61. The van der Waals surface area contributed by atoms with Gasteiger partial charge >= 0.3 is 0 Å². The number of rotatable bonds is 14. The summed E-state index contributed by atoms with van der Waals surface area (Å²) in [6.07, 6.45) is 5.92. The SMILES string of the molecule is COCCCCNCCCNCCCCOC. The van der Waals surface area contributed by atoms with E-state index >= 15 is 0 Å². The van der Waals surface area contributed by atoms with Gasteiger partial charge < -0.3 is 20.1 Å². The Kier molecular flexibility index (Phi) is 15.7. The van der Waals surface area contributed by atoms with Crippen LogP contribution in [0.4, 0.5) is 0 Å². The van der Waals surface area contributed by atoms with Gasteiger partial charge in [0, 0.05) is 27.4 Å². The Labute approximate surface area is 106 Å². The highest BCUT2D eigenvalue weighted by molar-refractivity contribution is 4.53. The summed E-state index contributed by atoms with van der Waals surface area (Å²) in [7, 11) is 3.51. The largest absolute Gasteiger partial charge is 0.385 e. The van der Waals surface area contributed by atoms with E-state index in [4.69, 9.17) is 9.47 Å². The molecule has 0 bridgehead atoms. The molecule has 17 heavy (non-hydrogen) atoms. The van der Waals surface area contributed by atoms with E-state index in [-0.39, 0.29) is 0 Å². The van der Waals surface area contributed by atoms with Gasteiger partial charge in [0.25, 0.3) is 0 Å². The van der Waals surface area contributed by atoms with E-state index in [0.717, 1.165) is 52.2 Å². The second kappa shape index (κ2) is 15.8. The van der Waals surface area contributed by atoms with Crippen LogP contribution in [0.2, 0.25) is 0 Å². The van der Waals surface area contributed by atoms with Gasteiger partial charge in [0.15, 0.2) is 0 Å². The standard InChI is InChI=1S/C13H30N2O2/c1-16-12-5-3-8-14-10-7-11-15-9-4-6-13-17-2/h14-15H,3-13H2,1-2H3. The molecule has 0 heterocycles. The van der Waals surface area contributed by atoms with Crippen LogP contribution in [-0.4, -0.2) is 53.6 Å². The molecule has 0 aliphatic rings. The van der Waals surface area contributed by atoms with Gasteiger partial charge in [0.05, 0.1) is 0 Å². The Morgan fingerprint density at radius 3 is 1.41 bits per heavy atom. The molecule has 0 rings (SSSR count). The van der Waals surface area contributed by atoms with Crippen LogP contribution in [0.15, 0.2) is 0 Å². The minimum atomic E-state index is 0.880. The molecule has 0 saturated heterocycles. The highest BCUT2D eigenvalue weighted by atomic mass is 16.5. The van der Waals surface area contributed by atoms with Crippen molar-refractivity contribution in [2.24, 2.45) is 0 Å². The minimum absolute atomic E-state index is 0.880. The molecule has 0 aromatic rings. The molecule has 0 atom stereocenters. The third-order valence-electron chi connectivity index (χ3n) is 2.61. The first-order chi connectivity index (χ1) is 8.41. The van der Waals surface area contributed by atoms with Gasteiger partial charge in [-0.25, -0.2) is 0 Å². The average Bonchev–Trinajstić information content (AvgIpc) is 2.35. The molecule has 0 fully saturated rings. The maximum Gasteiger partial charge on any atom is 0.0462 e. The highest BCUT2D eigenvalue weighted by Gasteiger charge is 1.91. The summed E-state index contributed by atoms with van der Waals surface area (Å²) < 4.78 is 9.99. The van der Waals surface area contributed by atoms with Gasteiger partial charge in [-0.15, -0.1) is 0 Å². The lowest BCUT2D eigenvalue weighted by molar-refractivity contribution is 0.192. The molecular formula is C13H30N2O2. The van der Waals surface area contributed by atoms with Crippen LogP contribution in [-0.2, 0) is 9.47 Å². The first kappa shape index (κ1) is 16.8. The number of unbranched alkanes of at least 4 members (excludes halogenated alkanes) is 2. The number of hydrogen-bond acceptors (Lipinski definition) is 4. The molecular weight excluding hydrogens is 216 g/mol. The summed E-state index contributed by atoms with van der Waals surface area (Å²) in [5.41, 5.74) is 0. The molecule has 0 radical (unpaired) electrons. The first-order valence-corrected chi connectivity index (χ1v) is 6.81. The fourth-order valence-corrected chi connectivity index (χ4v) is 1.58. The van der Waals surface area contributed by atoms with E-state index in [2.05, 4.69) is 10.6 Å². The van der Waals surface area contributed by atoms with Crippen LogP contribution in [0.25, 0.3) is 0 Å². The zero-order chi connectivity index (χ0) is 12.6. The van der Waals surface area contributed by atoms with Crippen LogP contribution in [0.5, 0.6) is 0 Å². The van der Waals surface area contributed by atoms with Crippen LogP contribution in [0, 0.1) is 0 Å². The molecule has 104 valence electrons. The molecule has 0 aromatic carbocycles.